The molecule has 4 amide bonds. The SMILES string of the molecule is Brc1c(Br)c(Br)c(CCc2c(Br)c(Br)c(Br)c(Br)c2Br)c(Br)c1Br.Cc1c(Br)c(Br)c2c(c1Br)C(=O)N(CCN1C(=O)c3c(Br)c(Br)c(Br)c(Br)c3C1=O)C2=O.Cc1cccc(C)c1OP(=O)(Oc1c(C)cccc1C)Oc1c(C)cccc1C.Cc1cccc(C)c1OP(=O)(Oc1cccc(OP(=O)(Oc2c(C)cccc2C)Oc2c(C)cccc2C)c1)Oc1c(C)cccc1C. The van der Waals surface area contributed by atoms with Crippen LogP contribution in [0, 0.1) is 104 Å². The molecule has 0 N–H and O–H groups in total. The number of aryl methyl sites for hydroxylation is 14. The number of nitrogens with zero attached hydrogens (tertiary/aromatic N) is 2. The molecule has 2 heterocycles. The lowest BCUT2D eigenvalue weighted by Gasteiger charge is -2.24. The Kier molecular flexibility index (Phi) is 38.1. The van der Waals surface area contributed by atoms with E-state index in [2.05, 4.69) is 271 Å². The third kappa shape index (κ3) is 24.7. The van der Waals surface area contributed by atoms with Crippen molar-refractivity contribution in [1.82, 2.24) is 9.80 Å². The van der Waals surface area contributed by atoms with Crippen LogP contribution in [0.4, 0.5) is 0 Å². The van der Waals surface area contributed by atoms with Gasteiger partial charge in [0.05, 0.1) is 22.3 Å². The summed E-state index contributed by atoms with van der Waals surface area (Å²) >= 11 is 60.1. The number of hydrogen-bond donors (Lipinski definition) is 0. The second kappa shape index (κ2) is 46.4. The van der Waals surface area contributed by atoms with Crippen molar-refractivity contribution in [2.45, 2.75) is 117 Å². The summed E-state index contributed by atoms with van der Waals surface area (Å²) in [5.74, 6) is 1.21. The summed E-state index contributed by atoms with van der Waals surface area (Å²) in [5.41, 5.74) is 15.3. The maximum absolute atomic E-state index is 14.5. The molecule has 0 aromatic heterocycles. The van der Waals surface area contributed by atoms with E-state index < -0.39 is 47.1 Å². The summed E-state index contributed by atoms with van der Waals surface area (Å²) in [6.07, 6.45) is 1.70. The van der Waals surface area contributed by atoms with Crippen molar-refractivity contribution in [3.63, 3.8) is 0 Å². The van der Waals surface area contributed by atoms with Crippen LogP contribution in [0.15, 0.2) is 228 Å². The van der Waals surface area contributed by atoms with Crippen molar-refractivity contribution in [2.75, 3.05) is 13.1 Å². The van der Waals surface area contributed by atoms with Gasteiger partial charge in [0.1, 0.15) is 51.7 Å². The first-order chi connectivity index (χ1) is 62.5. The van der Waals surface area contributed by atoms with Crippen LogP contribution in [-0.4, -0.2) is 46.5 Å². The zero-order chi connectivity index (χ0) is 98.0. The van der Waals surface area contributed by atoms with Crippen LogP contribution in [-0.2, 0) is 26.5 Å². The van der Waals surface area contributed by atoms with Crippen molar-refractivity contribution < 1.29 is 73.6 Å². The zero-order valence-electron chi connectivity index (χ0n) is 73.0. The van der Waals surface area contributed by atoms with Gasteiger partial charge >= 0.3 is 23.5 Å². The molecule has 0 spiro atoms. The number of halogens is 17. The number of hydrogen-bond acceptors (Lipinski definition) is 16. The predicted octanol–water partition coefficient (Wildman–Crippen LogP) is 36.9. The maximum atomic E-state index is 14.5. The average molecular weight is 2950 g/mol. The Bertz CT molecular complexity index is 6020. The van der Waals surface area contributed by atoms with Gasteiger partial charge in [-0.2, -0.15) is 13.7 Å². The van der Waals surface area contributed by atoms with E-state index in [1.807, 2.05) is 231 Å². The molecule has 0 aliphatic carbocycles. The summed E-state index contributed by atoms with van der Waals surface area (Å²) in [7, 11) is -12.8. The van der Waals surface area contributed by atoms with Gasteiger partial charge in [0.25, 0.3) is 23.6 Å². The summed E-state index contributed by atoms with van der Waals surface area (Å²) in [6, 6.07) is 45.8. The van der Waals surface area contributed by atoms with Gasteiger partial charge in [0, 0.05) is 95.2 Å². The highest BCUT2D eigenvalue weighted by Crippen LogP contribution is 2.59. The van der Waals surface area contributed by atoms with E-state index in [4.69, 9.17) is 40.7 Å². The Labute approximate surface area is 915 Å². The van der Waals surface area contributed by atoms with Gasteiger partial charge in [-0.3, -0.25) is 29.0 Å². The highest BCUT2D eigenvalue weighted by molar-refractivity contribution is 9.17. The number of fused-ring (bicyclic) bond motifs is 2. The van der Waals surface area contributed by atoms with Crippen molar-refractivity contribution in [3.8, 4) is 51.7 Å². The Morgan fingerprint density at radius 2 is 0.383 bits per heavy atom. The second-order valence-corrected chi connectivity index (χ2v) is 48.4. The number of carbonyl (C=O) groups excluding carboxylic acids is 4. The molecule has 0 saturated carbocycles. The molecule has 698 valence electrons. The summed E-state index contributed by atoms with van der Waals surface area (Å²) in [4.78, 5) is 54.3. The van der Waals surface area contributed by atoms with Crippen LogP contribution < -0.4 is 40.7 Å². The van der Waals surface area contributed by atoms with Crippen LogP contribution in [0.1, 0.15) is 136 Å². The third-order valence-corrected chi connectivity index (χ3v) is 45.2. The van der Waals surface area contributed by atoms with Crippen molar-refractivity contribution in [1.29, 1.82) is 0 Å². The van der Waals surface area contributed by atoms with Gasteiger partial charge in [-0.25, -0.2) is 0 Å². The number of phosphoric acid groups is 3. The molecule has 2 aliphatic rings. The molecule has 0 radical (unpaired) electrons. The molecule has 0 unspecified atom stereocenters. The molecule has 18 nitrogen and oxygen atoms in total. The molecule has 12 aromatic carbocycles. The van der Waals surface area contributed by atoms with E-state index in [9.17, 15) is 32.9 Å². The number of para-hydroxylation sites is 7. The van der Waals surface area contributed by atoms with E-state index in [1.54, 1.807) is 18.2 Å². The Morgan fingerprint density at radius 3 is 0.594 bits per heavy atom. The fraction of sp³-hybridized carbons (Fsp3) is 0.200. The van der Waals surface area contributed by atoms with Crippen molar-refractivity contribution in [2.24, 2.45) is 0 Å². The number of amides is 4. The first kappa shape index (κ1) is 109. The minimum Gasteiger partial charge on any atom is -0.386 e. The van der Waals surface area contributed by atoms with Crippen LogP contribution in [0.5, 0.6) is 51.7 Å². The smallest absolute Gasteiger partial charge is 0.386 e. The first-order valence-electron chi connectivity index (χ1n) is 39.8. The van der Waals surface area contributed by atoms with Crippen molar-refractivity contribution >= 4 is 318 Å². The lowest BCUT2D eigenvalue weighted by molar-refractivity contribution is 0.0560. The standard InChI is InChI=1S/C38H40O8P2.C24H27O4P.C19H7Br7N2O4.C14H4Br10/c1-25-14-9-15-26(2)35(25)43-47(39,44-36-27(3)16-10-17-28(36)4)41-33-22-13-23-34(24-33)42-48(40,45-37-29(5)18-11-19-30(37)6)46-38-31(7)20-12-21-32(38)8;1-16-10-7-11-17(2)22(16)26-29(25,27-23-18(3)12-8-13-19(23)4)28-24-20(5)14-9-15-21(24)6;1-4-9(20)5-6(11(22)10(4)21)17(30)27(16(5)29)2-3-28-18(31)7-8(19(28)32)13(24)15(26)14(25)12(7)23;15-5-3(6(16)10(20)13(23)9(5)19)1-2-4-7(17)11(21)14(24)12(22)8(4)18/h9-24H,1-8H3;7-15H,1-6H3;2-3H2,1H3;1-2H2. The summed E-state index contributed by atoms with van der Waals surface area (Å²) in [5, 5.41) is 0. The van der Waals surface area contributed by atoms with E-state index >= 15 is 0 Å². The molecule has 38 heteroatoms. The Balaban J connectivity index is 0.000000177. The maximum Gasteiger partial charge on any atom is 0.647 e. The van der Waals surface area contributed by atoms with E-state index in [0.29, 0.717) is 71.6 Å². The lowest BCUT2D eigenvalue weighted by Crippen LogP contribution is -2.40. The largest absolute Gasteiger partial charge is 0.647 e. The van der Waals surface area contributed by atoms with Crippen LogP contribution in [0.25, 0.3) is 0 Å². The molecule has 2 aliphatic heterocycles. The highest BCUT2D eigenvalue weighted by Gasteiger charge is 2.46. The Hall–Kier alpha value is -4.03. The predicted molar refractivity (Wildman–Crippen MR) is 586 cm³/mol. The number of benzene rings is 12. The summed E-state index contributed by atoms with van der Waals surface area (Å²) in [6.45, 7) is 27.8. The third-order valence-electron chi connectivity index (χ3n) is 20.9. The fourth-order valence-corrected chi connectivity index (χ4v) is 30.0. The normalized spacial score (nSPS) is 12.3. The number of phosphoric ester groups is 3. The minimum atomic E-state index is -4.39. The van der Waals surface area contributed by atoms with E-state index in [0.717, 1.165) is 151 Å². The van der Waals surface area contributed by atoms with Gasteiger partial charge in [0.15, 0.2) is 0 Å². The number of carbonyl (C=O) groups is 4. The number of rotatable bonds is 24. The summed E-state index contributed by atoms with van der Waals surface area (Å²) < 4.78 is 111. The average Bonchev–Trinajstić information content (AvgIpc) is 1.59. The molecule has 0 bridgehead atoms. The number of imide groups is 2. The van der Waals surface area contributed by atoms with Gasteiger partial charge in [0.2, 0.25) is 0 Å². The molecular weight excluding hydrogens is 2880 g/mol. The van der Waals surface area contributed by atoms with Gasteiger partial charge in [-0.15, -0.1) is 0 Å². The molecule has 133 heavy (non-hydrogen) atoms. The van der Waals surface area contributed by atoms with Crippen LogP contribution in [0.2, 0.25) is 0 Å². The van der Waals surface area contributed by atoms with Gasteiger partial charge in [-0.1, -0.05) is 133 Å². The van der Waals surface area contributed by atoms with Crippen LogP contribution >= 0.6 is 294 Å². The zero-order valence-corrected chi connectivity index (χ0v) is 103. The quantitative estimate of drug-likeness (QED) is 0.0238. The molecule has 12 aromatic rings. The molecule has 0 atom stereocenters. The highest BCUT2D eigenvalue weighted by atomic mass is 79.9. The minimum absolute atomic E-state index is 0.0824. The van der Waals surface area contributed by atoms with Crippen LogP contribution in [0.3, 0.4) is 0 Å². The molecule has 14 rings (SSSR count). The van der Waals surface area contributed by atoms with Gasteiger partial charge < -0.3 is 40.7 Å². The second-order valence-electron chi connectivity index (χ2n) is 30.6. The fourth-order valence-electron chi connectivity index (χ4n) is 13.9. The molecule has 0 fully saturated rings. The first-order valence-corrected chi connectivity index (χ1v) is 57.7. The monoisotopic (exact) mass is 2940 g/mol. The Morgan fingerprint density at radius 1 is 0.218 bits per heavy atom. The lowest BCUT2D eigenvalue weighted by atomic mass is 10.0. The molecular formula is C95H78Br17N2O16P3. The van der Waals surface area contributed by atoms with Gasteiger partial charge in [-0.05, 0) is 494 Å². The molecule has 0 saturated heterocycles. The van der Waals surface area contributed by atoms with Crippen molar-refractivity contribution in [3.05, 3.63) is 345 Å². The topological polar surface area (TPSA) is 209 Å². The van der Waals surface area contributed by atoms with E-state index in [-0.39, 0.29) is 46.8 Å². The van der Waals surface area contributed by atoms with E-state index in [1.165, 1.54) is 17.2 Å².